The molecule has 0 aliphatic rings. The highest BCUT2D eigenvalue weighted by Crippen LogP contribution is 2.21. The van der Waals surface area contributed by atoms with Crippen molar-refractivity contribution >= 4 is 29.0 Å². The molecule has 0 radical (unpaired) electrons. The highest BCUT2D eigenvalue weighted by molar-refractivity contribution is 6.29. The Morgan fingerprint density at radius 1 is 1.56 bits per heavy atom. The van der Waals surface area contributed by atoms with Crippen molar-refractivity contribution in [2.24, 2.45) is 5.92 Å². The van der Waals surface area contributed by atoms with Gasteiger partial charge < -0.3 is 16.0 Å². The lowest BCUT2D eigenvalue weighted by Crippen LogP contribution is -2.37. The van der Waals surface area contributed by atoms with E-state index in [1.807, 2.05) is 13.8 Å². The van der Waals surface area contributed by atoms with Crippen molar-refractivity contribution in [3.8, 4) is 0 Å². The summed E-state index contributed by atoms with van der Waals surface area (Å²) in [5.74, 6) is 0.878. The number of aromatic nitrogens is 1. The van der Waals surface area contributed by atoms with E-state index in [2.05, 4.69) is 10.3 Å². The van der Waals surface area contributed by atoms with Crippen molar-refractivity contribution in [3.05, 3.63) is 17.3 Å². The van der Waals surface area contributed by atoms with Crippen molar-refractivity contribution in [3.63, 3.8) is 0 Å². The fraction of sp³-hybridized carbons (Fsp3) is 0.500. The summed E-state index contributed by atoms with van der Waals surface area (Å²) in [6.07, 6.45) is 0. The molecule has 0 spiro atoms. The van der Waals surface area contributed by atoms with Gasteiger partial charge >= 0.3 is 0 Å². The van der Waals surface area contributed by atoms with Gasteiger partial charge in [-0.2, -0.15) is 0 Å². The van der Waals surface area contributed by atoms with E-state index in [1.165, 1.54) is 0 Å². The van der Waals surface area contributed by atoms with Crippen molar-refractivity contribution < 1.29 is 4.79 Å². The largest absolute Gasteiger partial charge is 0.396 e. The molecule has 1 rings (SSSR count). The molecular weight excluding hydrogens is 252 g/mol. The summed E-state index contributed by atoms with van der Waals surface area (Å²) in [4.78, 5) is 17.5. The smallest absolute Gasteiger partial charge is 0.239 e. The molecule has 6 heteroatoms. The second kappa shape index (κ2) is 6.44. The number of likely N-dealkylation sites (N-methyl/N-ethyl adjacent to an activating group) is 1. The van der Waals surface area contributed by atoms with Gasteiger partial charge in [0.1, 0.15) is 5.15 Å². The second-order valence-corrected chi connectivity index (χ2v) is 4.99. The quantitative estimate of drug-likeness (QED) is 0.796. The second-order valence-electron chi connectivity index (χ2n) is 4.60. The number of nitrogens with one attached hydrogen (secondary N) is 1. The first kappa shape index (κ1) is 14.6. The van der Waals surface area contributed by atoms with E-state index in [9.17, 15) is 4.79 Å². The van der Waals surface area contributed by atoms with E-state index in [0.29, 0.717) is 29.1 Å². The van der Waals surface area contributed by atoms with Gasteiger partial charge in [-0.15, -0.1) is 0 Å². The molecule has 0 saturated heterocycles. The van der Waals surface area contributed by atoms with E-state index in [4.69, 9.17) is 17.3 Å². The molecule has 1 aromatic heterocycles. The average molecular weight is 271 g/mol. The van der Waals surface area contributed by atoms with Crippen LogP contribution in [-0.4, -0.2) is 31.0 Å². The Balaban J connectivity index is 2.62. The molecule has 0 unspecified atom stereocenters. The Bertz CT molecular complexity index is 423. The lowest BCUT2D eigenvalue weighted by atomic mass is 10.2. The summed E-state index contributed by atoms with van der Waals surface area (Å²) >= 11 is 5.81. The van der Waals surface area contributed by atoms with Crippen molar-refractivity contribution in [2.45, 2.75) is 13.8 Å². The Kier molecular flexibility index (Phi) is 5.22. The molecule has 5 nitrogen and oxygen atoms in total. The molecule has 0 saturated carbocycles. The SMILES string of the molecule is CC(C)CNC(=O)CN(C)c1nc(Cl)ccc1N. The maximum atomic E-state index is 11.7. The lowest BCUT2D eigenvalue weighted by Gasteiger charge is -2.19. The first-order valence-electron chi connectivity index (χ1n) is 5.80. The summed E-state index contributed by atoms with van der Waals surface area (Å²) < 4.78 is 0. The van der Waals surface area contributed by atoms with Crippen molar-refractivity contribution in [2.75, 3.05) is 30.8 Å². The van der Waals surface area contributed by atoms with Gasteiger partial charge in [0.05, 0.1) is 12.2 Å². The summed E-state index contributed by atoms with van der Waals surface area (Å²) in [7, 11) is 1.75. The van der Waals surface area contributed by atoms with E-state index in [0.717, 1.165) is 0 Å². The van der Waals surface area contributed by atoms with Crippen LogP contribution in [-0.2, 0) is 4.79 Å². The van der Waals surface area contributed by atoms with Crippen LogP contribution in [0.1, 0.15) is 13.8 Å². The molecule has 0 atom stereocenters. The zero-order valence-corrected chi connectivity index (χ0v) is 11.7. The Morgan fingerprint density at radius 2 is 2.22 bits per heavy atom. The van der Waals surface area contributed by atoms with E-state index in [1.54, 1.807) is 24.1 Å². The molecule has 0 aliphatic carbocycles. The van der Waals surface area contributed by atoms with E-state index >= 15 is 0 Å². The third kappa shape index (κ3) is 4.41. The number of halogens is 1. The number of carbonyl (C=O) groups excluding carboxylic acids is 1. The maximum absolute atomic E-state index is 11.7. The molecule has 0 fully saturated rings. The van der Waals surface area contributed by atoms with E-state index in [-0.39, 0.29) is 12.5 Å². The zero-order valence-electron chi connectivity index (χ0n) is 10.9. The van der Waals surface area contributed by atoms with Crippen LogP contribution in [0, 0.1) is 5.92 Å². The summed E-state index contributed by atoms with van der Waals surface area (Å²) in [6, 6.07) is 3.29. The van der Waals surface area contributed by atoms with Crippen LogP contribution in [0.5, 0.6) is 0 Å². The minimum Gasteiger partial charge on any atom is -0.396 e. The predicted molar refractivity (Wildman–Crippen MR) is 74.8 cm³/mol. The average Bonchev–Trinajstić information content (AvgIpc) is 2.29. The van der Waals surface area contributed by atoms with E-state index < -0.39 is 0 Å². The Hall–Kier alpha value is -1.49. The van der Waals surface area contributed by atoms with Crippen molar-refractivity contribution in [1.82, 2.24) is 10.3 Å². The number of nitrogens with zero attached hydrogens (tertiary/aromatic N) is 2. The van der Waals surface area contributed by atoms with Crippen LogP contribution < -0.4 is 16.0 Å². The number of hydrogen-bond acceptors (Lipinski definition) is 4. The third-order valence-electron chi connectivity index (χ3n) is 2.32. The van der Waals surface area contributed by atoms with Gasteiger partial charge in [-0.25, -0.2) is 4.98 Å². The first-order valence-corrected chi connectivity index (χ1v) is 6.17. The number of carbonyl (C=O) groups is 1. The topological polar surface area (TPSA) is 71.2 Å². The van der Waals surface area contributed by atoms with Gasteiger partial charge in [-0.1, -0.05) is 25.4 Å². The van der Waals surface area contributed by atoms with Gasteiger partial charge in [0.25, 0.3) is 0 Å². The number of rotatable bonds is 5. The minimum absolute atomic E-state index is 0.0626. The highest BCUT2D eigenvalue weighted by atomic mass is 35.5. The molecule has 0 aromatic carbocycles. The number of nitrogens with two attached hydrogens (primary N) is 1. The van der Waals surface area contributed by atoms with Gasteiger partial charge in [-0.05, 0) is 18.1 Å². The maximum Gasteiger partial charge on any atom is 0.239 e. The van der Waals surface area contributed by atoms with Crippen LogP contribution in [0.15, 0.2) is 12.1 Å². The van der Waals surface area contributed by atoms with Gasteiger partial charge in [0, 0.05) is 13.6 Å². The summed E-state index contributed by atoms with van der Waals surface area (Å²) in [5.41, 5.74) is 6.29. The molecule has 100 valence electrons. The van der Waals surface area contributed by atoms with Crippen LogP contribution in [0.25, 0.3) is 0 Å². The first-order chi connectivity index (χ1) is 8.40. The fourth-order valence-corrected chi connectivity index (χ4v) is 1.55. The monoisotopic (exact) mass is 270 g/mol. The molecule has 1 aromatic rings. The molecule has 3 N–H and O–H groups in total. The van der Waals surface area contributed by atoms with Crippen LogP contribution in [0.3, 0.4) is 0 Å². The number of anilines is 2. The fourth-order valence-electron chi connectivity index (χ4n) is 1.41. The van der Waals surface area contributed by atoms with Crippen molar-refractivity contribution in [1.29, 1.82) is 0 Å². The number of amides is 1. The van der Waals surface area contributed by atoms with Crippen LogP contribution in [0.2, 0.25) is 5.15 Å². The molecule has 18 heavy (non-hydrogen) atoms. The third-order valence-corrected chi connectivity index (χ3v) is 2.53. The molecular formula is C12H19ClN4O. The zero-order chi connectivity index (χ0) is 13.7. The number of nitrogen functional groups attached to an aromatic ring is 1. The number of hydrogen-bond donors (Lipinski definition) is 2. The summed E-state index contributed by atoms with van der Waals surface area (Å²) in [5, 5.41) is 3.19. The van der Waals surface area contributed by atoms with Crippen LogP contribution in [0.4, 0.5) is 11.5 Å². The molecule has 0 aliphatic heterocycles. The minimum atomic E-state index is -0.0626. The highest BCUT2D eigenvalue weighted by Gasteiger charge is 2.12. The Labute approximate surface area is 112 Å². The van der Waals surface area contributed by atoms with Gasteiger partial charge in [0.15, 0.2) is 5.82 Å². The van der Waals surface area contributed by atoms with Crippen LogP contribution >= 0.6 is 11.6 Å². The molecule has 1 heterocycles. The molecule has 1 amide bonds. The van der Waals surface area contributed by atoms with Gasteiger partial charge in [0.2, 0.25) is 5.91 Å². The summed E-state index contributed by atoms with van der Waals surface area (Å²) in [6.45, 7) is 4.94. The molecule has 0 bridgehead atoms. The number of pyridine rings is 1. The Morgan fingerprint density at radius 3 is 2.83 bits per heavy atom. The van der Waals surface area contributed by atoms with Gasteiger partial charge in [-0.3, -0.25) is 4.79 Å². The normalized spacial score (nSPS) is 10.5. The standard InChI is InChI=1S/C12H19ClN4O/c1-8(2)6-15-11(18)7-17(3)12-9(14)4-5-10(13)16-12/h4-5,8H,6-7,14H2,1-3H3,(H,15,18). The lowest BCUT2D eigenvalue weighted by molar-refractivity contribution is -0.119. The predicted octanol–water partition coefficient (Wildman–Crippen LogP) is 1.53.